The fourth-order valence-electron chi connectivity index (χ4n) is 3.17. The summed E-state index contributed by atoms with van der Waals surface area (Å²) in [6.07, 6.45) is 1.60. The molecule has 0 saturated carbocycles. The Hall–Kier alpha value is -0.170. The number of sulfone groups is 1. The van der Waals surface area contributed by atoms with Crippen LogP contribution in [-0.2, 0) is 9.84 Å². The average molecular weight is 290 g/mol. The van der Waals surface area contributed by atoms with E-state index in [4.69, 9.17) is 0 Å². The zero-order valence-electron chi connectivity index (χ0n) is 11.9. The van der Waals surface area contributed by atoms with E-state index >= 15 is 0 Å². The van der Waals surface area contributed by atoms with E-state index in [9.17, 15) is 13.5 Å². The molecule has 0 radical (unpaired) electrons. The number of hydrogen-bond acceptors (Lipinski definition) is 5. The van der Waals surface area contributed by atoms with Crippen molar-refractivity contribution in [2.75, 3.05) is 31.1 Å². The van der Waals surface area contributed by atoms with Gasteiger partial charge in [-0.25, -0.2) is 8.42 Å². The monoisotopic (exact) mass is 290 g/mol. The van der Waals surface area contributed by atoms with Crippen molar-refractivity contribution in [3.05, 3.63) is 0 Å². The first kappa shape index (κ1) is 15.2. The molecular formula is C13H26N2O3S. The number of aliphatic hydroxyl groups excluding tert-OH is 1. The molecule has 0 aromatic rings. The van der Waals surface area contributed by atoms with E-state index in [0.717, 1.165) is 26.1 Å². The van der Waals surface area contributed by atoms with Crippen LogP contribution in [0.4, 0.5) is 0 Å². The van der Waals surface area contributed by atoms with Crippen LogP contribution < -0.4 is 5.32 Å². The predicted octanol–water partition coefficient (Wildman–Crippen LogP) is -0.146. The average Bonchev–Trinajstić information content (AvgIpc) is 2.84. The standard InChI is InChI=1S/C13H26N2O3S/c1-10(2)6-15(7-11-4-3-5-14-11)12-8-19(17,18)9-13(12)16/h10-14,16H,3-9H2,1-2H3. The van der Waals surface area contributed by atoms with Gasteiger partial charge in [-0.05, 0) is 25.3 Å². The van der Waals surface area contributed by atoms with Gasteiger partial charge in [0.05, 0.1) is 23.7 Å². The lowest BCUT2D eigenvalue weighted by molar-refractivity contribution is 0.0699. The van der Waals surface area contributed by atoms with Crippen LogP contribution in [0.5, 0.6) is 0 Å². The number of nitrogens with zero attached hydrogens (tertiary/aromatic N) is 1. The van der Waals surface area contributed by atoms with Gasteiger partial charge in [-0.2, -0.15) is 0 Å². The van der Waals surface area contributed by atoms with Crippen LogP contribution in [-0.4, -0.2) is 67.8 Å². The Bertz CT molecular complexity index is 391. The zero-order valence-corrected chi connectivity index (χ0v) is 12.7. The summed E-state index contributed by atoms with van der Waals surface area (Å²) < 4.78 is 23.4. The van der Waals surface area contributed by atoms with Crippen molar-refractivity contribution in [2.45, 2.75) is 44.9 Å². The van der Waals surface area contributed by atoms with Gasteiger partial charge in [-0.15, -0.1) is 0 Å². The van der Waals surface area contributed by atoms with Gasteiger partial charge < -0.3 is 10.4 Å². The summed E-state index contributed by atoms with van der Waals surface area (Å²) in [5, 5.41) is 13.5. The topological polar surface area (TPSA) is 69.6 Å². The maximum absolute atomic E-state index is 11.7. The number of nitrogens with one attached hydrogen (secondary N) is 1. The van der Waals surface area contributed by atoms with Crippen LogP contribution in [0.3, 0.4) is 0 Å². The Kier molecular flexibility index (Phi) is 4.87. The highest BCUT2D eigenvalue weighted by Gasteiger charge is 2.40. The third kappa shape index (κ3) is 4.15. The van der Waals surface area contributed by atoms with E-state index in [1.54, 1.807) is 0 Å². The van der Waals surface area contributed by atoms with Gasteiger partial charge in [-0.1, -0.05) is 13.8 Å². The summed E-state index contributed by atoms with van der Waals surface area (Å²) in [4.78, 5) is 2.18. The van der Waals surface area contributed by atoms with Crippen molar-refractivity contribution < 1.29 is 13.5 Å². The third-order valence-corrected chi connectivity index (χ3v) is 5.68. The second kappa shape index (κ2) is 6.08. The van der Waals surface area contributed by atoms with Crippen LogP contribution in [0, 0.1) is 5.92 Å². The molecule has 2 fully saturated rings. The van der Waals surface area contributed by atoms with Crippen LogP contribution in [0.2, 0.25) is 0 Å². The van der Waals surface area contributed by atoms with Crippen LogP contribution >= 0.6 is 0 Å². The molecule has 112 valence electrons. The Labute approximate surface area is 116 Å². The van der Waals surface area contributed by atoms with Gasteiger partial charge >= 0.3 is 0 Å². The molecule has 3 atom stereocenters. The van der Waals surface area contributed by atoms with Crippen LogP contribution in [0.1, 0.15) is 26.7 Å². The second-order valence-electron chi connectivity index (χ2n) is 6.35. The summed E-state index contributed by atoms with van der Waals surface area (Å²) in [5.74, 6) is 0.495. The molecule has 2 N–H and O–H groups in total. The molecule has 2 aliphatic heterocycles. The number of aliphatic hydroxyl groups is 1. The molecule has 2 aliphatic rings. The minimum atomic E-state index is -3.07. The van der Waals surface area contributed by atoms with Gasteiger partial charge in [0.1, 0.15) is 0 Å². The van der Waals surface area contributed by atoms with Gasteiger partial charge in [0.15, 0.2) is 9.84 Å². The van der Waals surface area contributed by atoms with Crippen LogP contribution in [0.15, 0.2) is 0 Å². The molecule has 19 heavy (non-hydrogen) atoms. The second-order valence-corrected chi connectivity index (χ2v) is 8.51. The Morgan fingerprint density at radius 3 is 2.58 bits per heavy atom. The van der Waals surface area contributed by atoms with Crippen molar-refractivity contribution >= 4 is 9.84 Å². The molecule has 0 bridgehead atoms. The maximum Gasteiger partial charge on any atom is 0.154 e. The van der Waals surface area contributed by atoms with E-state index in [0.29, 0.717) is 12.0 Å². The van der Waals surface area contributed by atoms with Crippen molar-refractivity contribution in [3.63, 3.8) is 0 Å². The van der Waals surface area contributed by atoms with E-state index in [1.165, 1.54) is 6.42 Å². The van der Waals surface area contributed by atoms with E-state index in [-0.39, 0.29) is 17.5 Å². The van der Waals surface area contributed by atoms with E-state index in [2.05, 4.69) is 24.1 Å². The van der Waals surface area contributed by atoms with Gasteiger partial charge in [0, 0.05) is 19.1 Å². The molecule has 2 heterocycles. The molecule has 2 saturated heterocycles. The SMILES string of the molecule is CC(C)CN(CC1CCCN1)C1CS(=O)(=O)CC1O. The summed E-state index contributed by atoms with van der Waals surface area (Å²) in [5.41, 5.74) is 0. The Morgan fingerprint density at radius 2 is 2.11 bits per heavy atom. The lowest BCUT2D eigenvalue weighted by Gasteiger charge is -2.33. The fourth-order valence-corrected chi connectivity index (χ4v) is 5.00. The molecule has 0 aliphatic carbocycles. The minimum absolute atomic E-state index is 0.0790. The fraction of sp³-hybridized carbons (Fsp3) is 1.00. The van der Waals surface area contributed by atoms with Gasteiger partial charge in [0.25, 0.3) is 0 Å². The first-order valence-corrected chi connectivity index (χ1v) is 9.05. The molecule has 2 rings (SSSR count). The molecule has 0 amide bonds. The molecule has 0 spiro atoms. The van der Waals surface area contributed by atoms with Crippen molar-refractivity contribution in [3.8, 4) is 0 Å². The summed E-state index contributed by atoms with van der Waals surface area (Å²) in [6, 6.07) is 0.212. The van der Waals surface area contributed by atoms with Crippen LogP contribution in [0.25, 0.3) is 0 Å². The first-order chi connectivity index (χ1) is 8.87. The Morgan fingerprint density at radius 1 is 1.37 bits per heavy atom. The van der Waals surface area contributed by atoms with Crippen molar-refractivity contribution in [1.82, 2.24) is 10.2 Å². The summed E-state index contributed by atoms with van der Waals surface area (Å²) in [7, 11) is -3.07. The molecule has 3 unspecified atom stereocenters. The molecule has 0 aromatic heterocycles. The van der Waals surface area contributed by atoms with E-state index < -0.39 is 15.9 Å². The maximum atomic E-state index is 11.7. The molecular weight excluding hydrogens is 264 g/mol. The predicted molar refractivity (Wildman–Crippen MR) is 75.9 cm³/mol. The minimum Gasteiger partial charge on any atom is -0.390 e. The number of rotatable bonds is 5. The molecule has 5 nitrogen and oxygen atoms in total. The Balaban J connectivity index is 2.03. The summed E-state index contributed by atoms with van der Waals surface area (Å²) >= 11 is 0. The normalized spacial score (nSPS) is 34.5. The van der Waals surface area contributed by atoms with Crippen molar-refractivity contribution in [1.29, 1.82) is 0 Å². The molecule has 0 aromatic carbocycles. The quantitative estimate of drug-likeness (QED) is 0.737. The lowest BCUT2D eigenvalue weighted by Crippen LogP contribution is -2.49. The summed E-state index contributed by atoms with van der Waals surface area (Å²) in [6.45, 7) is 6.99. The van der Waals surface area contributed by atoms with Crippen molar-refractivity contribution in [2.24, 2.45) is 5.92 Å². The van der Waals surface area contributed by atoms with E-state index in [1.807, 2.05) is 0 Å². The number of hydrogen-bond donors (Lipinski definition) is 2. The van der Waals surface area contributed by atoms with Gasteiger partial charge in [-0.3, -0.25) is 4.90 Å². The first-order valence-electron chi connectivity index (χ1n) is 7.23. The zero-order chi connectivity index (χ0) is 14.0. The highest BCUT2D eigenvalue weighted by Crippen LogP contribution is 2.21. The highest BCUT2D eigenvalue weighted by atomic mass is 32.2. The van der Waals surface area contributed by atoms with Gasteiger partial charge in [0.2, 0.25) is 0 Å². The smallest absolute Gasteiger partial charge is 0.154 e. The largest absolute Gasteiger partial charge is 0.390 e. The lowest BCUT2D eigenvalue weighted by atomic mass is 10.1. The third-order valence-electron chi connectivity index (χ3n) is 3.98. The molecule has 6 heteroatoms. The highest BCUT2D eigenvalue weighted by molar-refractivity contribution is 7.91.